The third-order valence-electron chi connectivity index (χ3n) is 3.62. The number of thioether (sulfide) groups is 1. The minimum absolute atomic E-state index is 0.815. The molecule has 7 heteroatoms. The van der Waals surface area contributed by atoms with Crippen LogP contribution in [0.2, 0.25) is 0 Å². The molecule has 2 aromatic heterocycles. The first-order valence-corrected chi connectivity index (χ1v) is 9.98. The molecule has 132 valence electrons. The number of hydrogen-bond acceptors (Lipinski definition) is 6. The lowest BCUT2D eigenvalue weighted by molar-refractivity contribution is 0.285. The van der Waals surface area contributed by atoms with Crippen molar-refractivity contribution >= 4 is 23.5 Å². The monoisotopic (exact) mass is 374 g/mol. The van der Waals surface area contributed by atoms with Crippen molar-refractivity contribution in [2.24, 2.45) is 7.05 Å². The predicted molar refractivity (Wildman–Crippen MR) is 102 cm³/mol. The topological polar surface area (TPSA) is 47.1 Å². The van der Waals surface area contributed by atoms with E-state index in [4.69, 9.17) is 4.42 Å². The molecule has 0 amide bonds. The van der Waals surface area contributed by atoms with Crippen LogP contribution in [-0.4, -0.2) is 39.0 Å². The van der Waals surface area contributed by atoms with Gasteiger partial charge < -0.3 is 8.98 Å². The fourth-order valence-corrected chi connectivity index (χ4v) is 3.94. The maximum atomic E-state index is 5.89. The van der Waals surface area contributed by atoms with Crippen molar-refractivity contribution in [2.45, 2.75) is 28.1 Å². The molecule has 0 spiro atoms. The van der Waals surface area contributed by atoms with Crippen molar-refractivity contribution in [2.75, 3.05) is 19.3 Å². The smallest absolute Gasteiger partial charge is 0.198 e. The van der Waals surface area contributed by atoms with E-state index in [0.29, 0.717) is 0 Å². The third kappa shape index (κ3) is 5.66. The molecule has 0 atom stereocenters. The van der Waals surface area contributed by atoms with E-state index in [1.807, 2.05) is 35.5 Å². The van der Waals surface area contributed by atoms with Crippen LogP contribution in [0.25, 0.3) is 0 Å². The predicted octanol–water partition coefficient (Wildman–Crippen LogP) is 4.17. The molecule has 0 unspecified atom stereocenters. The summed E-state index contributed by atoms with van der Waals surface area (Å²) in [5.74, 6) is 2.10. The summed E-state index contributed by atoms with van der Waals surface area (Å²) in [5, 5.41) is 9.61. The van der Waals surface area contributed by atoms with Crippen molar-refractivity contribution < 1.29 is 4.42 Å². The Kier molecular flexibility index (Phi) is 6.61. The summed E-state index contributed by atoms with van der Waals surface area (Å²) in [7, 11) is 4.05. The van der Waals surface area contributed by atoms with Gasteiger partial charge in [0.2, 0.25) is 0 Å². The maximum Gasteiger partial charge on any atom is 0.198 e. The number of aromatic nitrogens is 3. The van der Waals surface area contributed by atoms with Crippen LogP contribution < -0.4 is 0 Å². The average molecular weight is 375 g/mol. The van der Waals surface area contributed by atoms with Crippen molar-refractivity contribution in [1.82, 2.24) is 19.7 Å². The van der Waals surface area contributed by atoms with Crippen molar-refractivity contribution in [1.29, 1.82) is 0 Å². The molecule has 5 nitrogen and oxygen atoms in total. The van der Waals surface area contributed by atoms with Crippen LogP contribution in [0, 0.1) is 0 Å². The molecule has 0 aliphatic carbocycles. The summed E-state index contributed by atoms with van der Waals surface area (Å²) in [6.45, 7) is 1.86. The molecule has 0 fully saturated rings. The summed E-state index contributed by atoms with van der Waals surface area (Å²) in [4.78, 5) is 3.63. The summed E-state index contributed by atoms with van der Waals surface area (Å²) in [5.41, 5.74) is 0. The fraction of sp³-hybridized carbons (Fsp3) is 0.333. The molecule has 0 aliphatic heterocycles. The molecule has 2 heterocycles. The highest BCUT2D eigenvalue weighted by Crippen LogP contribution is 2.27. The number of hydrogen-bond donors (Lipinski definition) is 0. The molecule has 0 saturated heterocycles. The summed E-state index contributed by atoms with van der Waals surface area (Å²) in [6, 6.07) is 14.6. The number of aryl methyl sites for hydroxylation is 1. The Morgan fingerprint density at radius 2 is 2.00 bits per heavy atom. The minimum Gasteiger partial charge on any atom is -0.453 e. The SMILES string of the molecule is CN(CCCSc1ccccc1)Cc1ccc(Sc2nncn2C)o1. The Hall–Kier alpha value is -1.70. The molecular formula is C18H22N4OS2. The van der Waals surface area contributed by atoms with Gasteiger partial charge in [-0.05, 0) is 61.8 Å². The van der Waals surface area contributed by atoms with E-state index in [9.17, 15) is 0 Å². The van der Waals surface area contributed by atoms with E-state index < -0.39 is 0 Å². The van der Waals surface area contributed by atoms with Gasteiger partial charge in [-0.2, -0.15) is 0 Å². The van der Waals surface area contributed by atoms with Gasteiger partial charge in [0, 0.05) is 11.9 Å². The zero-order valence-corrected chi connectivity index (χ0v) is 16.1. The fourth-order valence-electron chi connectivity index (χ4n) is 2.34. The van der Waals surface area contributed by atoms with E-state index >= 15 is 0 Å². The molecular weight excluding hydrogens is 352 g/mol. The van der Waals surface area contributed by atoms with Gasteiger partial charge in [-0.1, -0.05) is 18.2 Å². The number of benzene rings is 1. The largest absolute Gasteiger partial charge is 0.453 e. The van der Waals surface area contributed by atoms with Gasteiger partial charge >= 0.3 is 0 Å². The minimum atomic E-state index is 0.815. The van der Waals surface area contributed by atoms with Gasteiger partial charge in [-0.15, -0.1) is 22.0 Å². The highest BCUT2D eigenvalue weighted by Gasteiger charge is 2.09. The maximum absolute atomic E-state index is 5.89. The Balaban J connectivity index is 1.39. The summed E-state index contributed by atoms with van der Waals surface area (Å²) in [6.07, 6.45) is 2.84. The van der Waals surface area contributed by atoms with Gasteiger partial charge in [-0.25, -0.2) is 0 Å². The third-order valence-corrected chi connectivity index (χ3v) is 5.69. The van der Waals surface area contributed by atoms with Crippen LogP contribution in [0.3, 0.4) is 0 Å². The van der Waals surface area contributed by atoms with E-state index in [1.54, 1.807) is 6.33 Å². The Labute approximate surface area is 156 Å². The Bertz CT molecular complexity index is 772. The van der Waals surface area contributed by atoms with Gasteiger partial charge in [0.25, 0.3) is 0 Å². The first-order valence-electron chi connectivity index (χ1n) is 8.17. The number of furan rings is 1. The number of rotatable bonds is 9. The second-order valence-electron chi connectivity index (χ2n) is 5.80. The second-order valence-corrected chi connectivity index (χ2v) is 7.94. The molecule has 1 aromatic carbocycles. The van der Waals surface area contributed by atoms with Crippen LogP contribution in [0.4, 0.5) is 0 Å². The molecule has 3 aromatic rings. The highest BCUT2D eigenvalue weighted by atomic mass is 32.2. The molecule has 0 saturated carbocycles. The standard InChI is InChI=1S/C18H22N4OS2/c1-21(11-6-12-24-16-7-4-3-5-8-16)13-15-9-10-17(23-15)25-18-20-19-14-22(18)2/h3-5,7-10,14H,6,11-13H2,1-2H3. The average Bonchev–Trinajstić information content (AvgIpc) is 3.22. The van der Waals surface area contributed by atoms with Gasteiger partial charge in [-0.3, -0.25) is 4.90 Å². The van der Waals surface area contributed by atoms with Crippen LogP contribution >= 0.6 is 23.5 Å². The van der Waals surface area contributed by atoms with Gasteiger partial charge in [0.1, 0.15) is 12.1 Å². The van der Waals surface area contributed by atoms with Crippen LogP contribution in [-0.2, 0) is 13.6 Å². The molecule has 25 heavy (non-hydrogen) atoms. The van der Waals surface area contributed by atoms with Gasteiger partial charge in [0.15, 0.2) is 10.2 Å². The molecule has 0 N–H and O–H groups in total. The normalized spacial score (nSPS) is 11.3. The van der Waals surface area contributed by atoms with Gasteiger partial charge in [0.05, 0.1) is 6.54 Å². The van der Waals surface area contributed by atoms with E-state index in [2.05, 4.69) is 52.5 Å². The highest BCUT2D eigenvalue weighted by molar-refractivity contribution is 7.99. The lowest BCUT2D eigenvalue weighted by atomic mass is 10.4. The zero-order chi connectivity index (χ0) is 17.5. The molecule has 3 rings (SSSR count). The van der Waals surface area contributed by atoms with Crippen molar-refractivity contribution in [3.63, 3.8) is 0 Å². The zero-order valence-electron chi connectivity index (χ0n) is 14.5. The van der Waals surface area contributed by atoms with Crippen LogP contribution in [0.15, 0.2) is 68.4 Å². The van der Waals surface area contributed by atoms with Crippen LogP contribution in [0.1, 0.15) is 12.2 Å². The second kappa shape index (κ2) is 9.12. The quantitative estimate of drug-likeness (QED) is 0.414. The van der Waals surface area contributed by atoms with Crippen molar-refractivity contribution in [3.05, 3.63) is 54.6 Å². The molecule has 0 radical (unpaired) electrons. The first kappa shape index (κ1) is 18.1. The first-order chi connectivity index (χ1) is 12.2. The number of nitrogens with zero attached hydrogens (tertiary/aromatic N) is 4. The summed E-state index contributed by atoms with van der Waals surface area (Å²) < 4.78 is 7.77. The van der Waals surface area contributed by atoms with E-state index in [1.165, 1.54) is 16.7 Å². The lowest BCUT2D eigenvalue weighted by Gasteiger charge is -2.14. The molecule has 0 aliphatic rings. The van der Waals surface area contributed by atoms with E-state index in [0.717, 1.165) is 41.3 Å². The molecule has 0 bridgehead atoms. The van der Waals surface area contributed by atoms with Crippen molar-refractivity contribution in [3.8, 4) is 0 Å². The Morgan fingerprint density at radius 3 is 2.76 bits per heavy atom. The lowest BCUT2D eigenvalue weighted by Crippen LogP contribution is -2.19. The van der Waals surface area contributed by atoms with Crippen LogP contribution in [0.5, 0.6) is 0 Å². The Morgan fingerprint density at radius 1 is 1.16 bits per heavy atom. The summed E-state index contributed by atoms with van der Waals surface area (Å²) >= 11 is 3.40. The van der Waals surface area contributed by atoms with E-state index in [-0.39, 0.29) is 0 Å².